The zero-order chi connectivity index (χ0) is 10.9. The Kier molecular flexibility index (Phi) is 6.72. The molecular weight excluding hydrogens is 443 g/mol. The van der Waals surface area contributed by atoms with Gasteiger partial charge in [-0.15, -0.1) is 0 Å². The van der Waals surface area contributed by atoms with Gasteiger partial charge < -0.3 is 33.6 Å². The van der Waals surface area contributed by atoms with Gasteiger partial charge in [-0.05, 0) is 0 Å². The van der Waals surface area contributed by atoms with E-state index in [1.54, 1.807) is 0 Å². The Hall–Kier alpha value is 1.05. The summed E-state index contributed by atoms with van der Waals surface area (Å²) in [7, 11) is -17.9. The average Bonchev–Trinajstić information content (AvgIpc) is 1.43. The van der Waals surface area contributed by atoms with Crippen LogP contribution in [0.2, 0.25) is 0 Å². The van der Waals surface area contributed by atoms with Crippen LogP contribution in [-0.4, -0.2) is 0 Å². The first-order chi connectivity index (χ1) is 5.41. The van der Waals surface area contributed by atoms with E-state index >= 15 is 0 Å². The van der Waals surface area contributed by atoms with Crippen LogP contribution in [0, 0.1) is 0 Å². The zero-order valence-electron chi connectivity index (χ0n) is 5.78. The molecule has 0 rings (SSSR count). The average molecular weight is 443 g/mol. The number of rotatable bonds is 4. The summed E-state index contributed by atoms with van der Waals surface area (Å²) >= 11 is 0. The van der Waals surface area contributed by atoms with Crippen LogP contribution < -0.4 is 24.5 Å². The molecule has 0 aromatic carbocycles. The minimum absolute atomic E-state index is 0. The van der Waals surface area contributed by atoms with Gasteiger partial charge in [0.25, 0.3) is 7.82 Å². The number of hydrogen-bond acceptors (Lipinski definition) is 10. The van der Waals surface area contributed by atoms with Crippen molar-refractivity contribution in [3.05, 3.63) is 0 Å². The van der Waals surface area contributed by atoms with Gasteiger partial charge in [-0.1, -0.05) is 0 Å². The largest absolute Gasteiger partial charge is 5.00 e. The van der Waals surface area contributed by atoms with Crippen molar-refractivity contribution >= 4 is 23.5 Å². The third-order valence-electron chi connectivity index (χ3n) is 0.400. The molecule has 0 bridgehead atoms. The minimum atomic E-state index is -5.97. The van der Waals surface area contributed by atoms with Crippen molar-refractivity contribution in [3.8, 4) is 0 Å². The molecule has 0 aromatic rings. The normalized spacial score (nSPS) is 13.5. The zero-order valence-corrected chi connectivity index (χ0v) is 11.0. The fourth-order valence-corrected chi connectivity index (χ4v) is 2.61. The second-order valence-corrected chi connectivity index (χ2v) is 5.49. The Balaban J connectivity index is 0. The first-order valence-corrected chi connectivity index (χ1v) is 6.57. The summed E-state index contributed by atoms with van der Waals surface area (Å²) in [5, 5.41) is 0. The van der Waals surface area contributed by atoms with Gasteiger partial charge >= 0.3 is 19.8 Å². The molecule has 0 spiro atoms. The van der Waals surface area contributed by atoms with Crippen LogP contribution in [0.3, 0.4) is 0 Å². The van der Waals surface area contributed by atoms with Gasteiger partial charge in [0.05, 0.1) is 15.6 Å². The predicted octanol–water partition coefficient (Wildman–Crippen LogP) is -3.86. The van der Waals surface area contributed by atoms with Crippen molar-refractivity contribution in [2.75, 3.05) is 0 Å². The van der Waals surface area contributed by atoms with Crippen molar-refractivity contribution in [2.45, 2.75) is 0 Å². The van der Waals surface area contributed by atoms with Crippen LogP contribution in [0.25, 0.3) is 0 Å². The number of hydrogen-bond donors (Lipinski definition) is 0. The molecule has 0 aliphatic heterocycles. The molecule has 83 valence electrons. The summed E-state index contributed by atoms with van der Waals surface area (Å²) in [6, 6.07) is 0. The van der Waals surface area contributed by atoms with E-state index in [1.165, 1.54) is 0 Å². The molecule has 0 saturated carbocycles. The molecule has 1 radical (unpaired) electrons. The van der Waals surface area contributed by atoms with E-state index in [0.29, 0.717) is 0 Å². The SMILES string of the molecule is O=P([O-])([O-])OP(=O)([O-])OP(=O)([O-])[O-].[Os+5]. The molecule has 0 heterocycles. The Labute approximate surface area is 90.4 Å². The Morgan fingerprint density at radius 2 is 0.929 bits per heavy atom. The van der Waals surface area contributed by atoms with E-state index in [2.05, 4.69) is 8.62 Å². The second-order valence-electron chi connectivity index (χ2n) is 1.50. The topological polar surface area (TPSA) is 185 Å². The summed E-state index contributed by atoms with van der Waals surface area (Å²) in [4.78, 5) is 48.6. The molecular formula is O10OsP3. The summed E-state index contributed by atoms with van der Waals surface area (Å²) in [5.41, 5.74) is 0. The van der Waals surface area contributed by atoms with E-state index in [4.69, 9.17) is 0 Å². The molecule has 0 aromatic heterocycles. The van der Waals surface area contributed by atoms with Crippen molar-refractivity contribution in [3.63, 3.8) is 0 Å². The molecule has 0 saturated heterocycles. The van der Waals surface area contributed by atoms with E-state index in [0.717, 1.165) is 0 Å². The van der Waals surface area contributed by atoms with Gasteiger partial charge in [-0.2, -0.15) is 0 Å². The van der Waals surface area contributed by atoms with Gasteiger partial charge in [0, 0.05) is 0 Å². The van der Waals surface area contributed by atoms with Gasteiger partial charge in [0.15, 0.2) is 0 Å². The maximum Gasteiger partial charge on any atom is 5.00 e. The Bertz CT molecular complexity index is 277. The van der Waals surface area contributed by atoms with E-state index in [9.17, 15) is 38.2 Å². The summed E-state index contributed by atoms with van der Waals surface area (Å²) < 4.78 is 34.7. The van der Waals surface area contributed by atoms with Gasteiger partial charge in [0.1, 0.15) is 0 Å². The monoisotopic (exact) mass is 445 g/mol. The Morgan fingerprint density at radius 3 is 1.07 bits per heavy atom. The maximum atomic E-state index is 10.1. The summed E-state index contributed by atoms with van der Waals surface area (Å²) in [6.45, 7) is 0. The van der Waals surface area contributed by atoms with Crippen LogP contribution >= 0.6 is 23.5 Å². The van der Waals surface area contributed by atoms with Crippen LogP contribution in [0.1, 0.15) is 0 Å². The van der Waals surface area contributed by atoms with E-state index in [1.807, 2.05) is 0 Å². The summed E-state index contributed by atoms with van der Waals surface area (Å²) in [5.74, 6) is 0. The first-order valence-electron chi connectivity index (χ1n) is 2.19. The van der Waals surface area contributed by atoms with Crippen LogP contribution in [-0.2, 0) is 42.1 Å². The molecule has 14 heteroatoms. The molecule has 0 amide bonds. The van der Waals surface area contributed by atoms with Crippen LogP contribution in [0.15, 0.2) is 0 Å². The standard InChI is InChI=1S/H5O10P3.Os/c1-11(2,3)9-13(7,8)10-12(4,5)6;/h(H,7,8)(H2,1,2,3)(H2,4,5,6);/q;+5/p-5. The Morgan fingerprint density at radius 1 is 0.714 bits per heavy atom. The molecule has 14 heavy (non-hydrogen) atoms. The predicted molar refractivity (Wildman–Crippen MR) is 25.0 cm³/mol. The third-order valence-corrected chi connectivity index (χ3v) is 3.60. The van der Waals surface area contributed by atoms with Crippen molar-refractivity contribution in [1.82, 2.24) is 0 Å². The van der Waals surface area contributed by atoms with Gasteiger partial charge in [0.2, 0.25) is 0 Å². The van der Waals surface area contributed by atoms with Crippen LogP contribution in [0.4, 0.5) is 0 Å². The third kappa shape index (κ3) is 11.1. The van der Waals surface area contributed by atoms with Crippen LogP contribution in [0.5, 0.6) is 0 Å². The van der Waals surface area contributed by atoms with Gasteiger partial charge in [-0.3, -0.25) is 13.2 Å². The molecule has 10 nitrogen and oxygen atoms in total. The minimum Gasteiger partial charge on any atom is -0.790 e. The molecule has 0 aliphatic rings. The fraction of sp³-hybridized carbons (Fsp3) is 0. The fourth-order valence-electron chi connectivity index (χ4n) is 0.260. The molecule has 0 N–H and O–H groups in total. The second kappa shape index (κ2) is 5.40. The smallest absolute Gasteiger partial charge is 0.790 e. The van der Waals surface area contributed by atoms with Crippen molar-refractivity contribution in [1.29, 1.82) is 0 Å². The number of phosphoric acid groups is 3. The first kappa shape index (κ1) is 17.4. The van der Waals surface area contributed by atoms with Crippen molar-refractivity contribution in [2.24, 2.45) is 0 Å². The molecule has 0 aliphatic carbocycles. The maximum absolute atomic E-state index is 10.1. The molecule has 0 atom stereocenters. The molecule has 0 unspecified atom stereocenters. The van der Waals surface area contributed by atoms with Gasteiger partial charge in [-0.25, -0.2) is 0 Å². The quantitative estimate of drug-likeness (QED) is 0.390. The molecule has 0 fully saturated rings. The van der Waals surface area contributed by atoms with E-state index < -0.39 is 23.5 Å². The summed E-state index contributed by atoms with van der Waals surface area (Å²) in [6.07, 6.45) is 0. The van der Waals surface area contributed by atoms with E-state index in [-0.39, 0.29) is 19.8 Å². The van der Waals surface area contributed by atoms with Crippen molar-refractivity contribution < 1.29 is 66.6 Å².